The van der Waals surface area contributed by atoms with Crippen molar-refractivity contribution < 1.29 is 19.1 Å². The Labute approximate surface area is 123 Å². The largest absolute Gasteiger partial charge is 0.466 e. The first-order valence-electron chi connectivity index (χ1n) is 7.17. The van der Waals surface area contributed by atoms with Gasteiger partial charge in [0.1, 0.15) is 0 Å². The molecular formula is C16H19NO4. The maximum Gasteiger partial charge on any atom is 0.306 e. The van der Waals surface area contributed by atoms with Crippen LogP contribution in [0.25, 0.3) is 0 Å². The van der Waals surface area contributed by atoms with Crippen LogP contribution in [0.15, 0.2) is 24.3 Å². The maximum absolute atomic E-state index is 12.0. The summed E-state index contributed by atoms with van der Waals surface area (Å²) in [7, 11) is 0. The lowest BCUT2D eigenvalue weighted by Crippen LogP contribution is -2.39. The lowest BCUT2D eigenvalue weighted by Gasteiger charge is -2.28. The molecule has 0 fully saturated rings. The van der Waals surface area contributed by atoms with E-state index in [2.05, 4.69) is 0 Å². The Hall–Kier alpha value is -2.17. The molecule has 1 aliphatic heterocycles. The van der Waals surface area contributed by atoms with Crippen LogP contribution < -0.4 is 4.90 Å². The van der Waals surface area contributed by atoms with Crippen molar-refractivity contribution in [2.24, 2.45) is 0 Å². The third kappa shape index (κ3) is 3.90. The number of hydrogen-bond donors (Lipinski definition) is 0. The van der Waals surface area contributed by atoms with Crippen molar-refractivity contribution >= 4 is 23.3 Å². The van der Waals surface area contributed by atoms with Crippen molar-refractivity contribution in [3.8, 4) is 0 Å². The monoisotopic (exact) mass is 289 g/mol. The molecule has 5 nitrogen and oxygen atoms in total. The van der Waals surface area contributed by atoms with Gasteiger partial charge < -0.3 is 9.64 Å². The highest BCUT2D eigenvalue weighted by atomic mass is 16.5. The number of benzene rings is 1. The van der Waals surface area contributed by atoms with Gasteiger partial charge >= 0.3 is 5.97 Å². The van der Waals surface area contributed by atoms with Gasteiger partial charge in [0.05, 0.1) is 19.6 Å². The van der Waals surface area contributed by atoms with Crippen LogP contribution in [0, 0.1) is 0 Å². The molecule has 0 radical (unpaired) electrons. The highest BCUT2D eigenvalue weighted by Crippen LogP contribution is 2.27. The normalized spacial score (nSPS) is 13.8. The molecule has 112 valence electrons. The van der Waals surface area contributed by atoms with Crippen LogP contribution in [-0.2, 0) is 25.5 Å². The minimum absolute atomic E-state index is 0.0231. The third-order valence-electron chi connectivity index (χ3n) is 3.44. The first-order chi connectivity index (χ1) is 10.1. The van der Waals surface area contributed by atoms with E-state index in [4.69, 9.17) is 4.74 Å². The number of rotatable bonds is 6. The summed E-state index contributed by atoms with van der Waals surface area (Å²) in [6.45, 7) is 2.06. The Morgan fingerprint density at radius 3 is 2.71 bits per heavy atom. The number of nitrogens with zero attached hydrogens (tertiary/aromatic N) is 1. The molecule has 1 amide bonds. The van der Waals surface area contributed by atoms with Gasteiger partial charge in [0.25, 0.3) is 0 Å². The molecule has 21 heavy (non-hydrogen) atoms. The van der Waals surface area contributed by atoms with E-state index >= 15 is 0 Å². The molecule has 0 unspecified atom stereocenters. The highest BCUT2D eigenvalue weighted by molar-refractivity contribution is 6.01. The van der Waals surface area contributed by atoms with E-state index < -0.39 is 0 Å². The maximum atomic E-state index is 12.0. The summed E-state index contributed by atoms with van der Waals surface area (Å²) in [5.41, 5.74) is 1.88. The first-order valence-corrected chi connectivity index (χ1v) is 7.17. The number of ketones is 1. The van der Waals surface area contributed by atoms with E-state index in [0.717, 1.165) is 11.3 Å². The Bertz CT molecular complexity index is 553. The molecule has 1 aromatic carbocycles. The second-order valence-corrected chi connectivity index (χ2v) is 4.95. The number of carbonyl (C=O) groups excluding carboxylic acids is 3. The molecule has 1 aromatic rings. The standard InChI is InChI=1S/C16H19NO4/c1-2-21-16(20)10-8-13(18)11-17-14-6-4-3-5-12(14)7-9-15(17)19/h3-6H,2,7-11H2,1H3. The van der Waals surface area contributed by atoms with Crippen LogP contribution >= 0.6 is 0 Å². The van der Waals surface area contributed by atoms with Crippen LogP contribution in [0.4, 0.5) is 5.69 Å². The number of carbonyl (C=O) groups is 3. The molecule has 0 spiro atoms. The van der Waals surface area contributed by atoms with E-state index in [0.29, 0.717) is 19.4 Å². The number of fused-ring (bicyclic) bond motifs is 1. The van der Waals surface area contributed by atoms with Crippen molar-refractivity contribution in [1.82, 2.24) is 0 Å². The van der Waals surface area contributed by atoms with Crippen LogP contribution in [0.5, 0.6) is 0 Å². The Balaban J connectivity index is 1.97. The predicted octanol–water partition coefficient (Wildman–Crippen LogP) is 1.88. The SMILES string of the molecule is CCOC(=O)CCC(=O)CN1C(=O)CCc2ccccc21. The predicted molar refractivity (Wildman–Crippen MR) is 78.0 cm³/mol. The zero-order valence-electron chi connectivity index (χ0n) is 12.1. The van der Waals surface area contributed by atoms with Crippen LogP contribution in [0.3, 0.4) is 0 Å². The molecule has 0 saturated carbocycles. The lowest BCUT2D eigenvalue weighted by atomic mass is 10.0. The number of esters is 1. The molecule has 1 aliphatic rings. The van der Waals surface area contributed by atoms with Gasteiger partial charge in [0.2, 0.25) is 5.91 Å². The number of para-hydroxylation sites is 1. The van der Waals surface area contributed by atoms with Gasteiger partial charge in [-0.3, -0.25) is 14.4 Å². The van der Waals surface area contributed by atoms with Crippen molar-refractivity contribution in [3.05, 3.63) is 29.8 Å². The fraction of sp³-hybridized carbons (Fsp3) is 0.438. The van der Waals surface area contributed by atoms with Crippen LogP contribution in [0.2, 0.25) is 0 Å². The van der Waals surface area contributed by atoms with Crippen LogP contribution in [0.1, 0.15) is 31.7 Å². The minimum atomic E-state index is -0.378. The van der Waals surface area contributed by atoms with Gasteiger partial charge in [-0.15, -0.1) is 0 Å². The summed E-state index contributed by atoms with van der Waals surface area (Å²) in [5, 5.41) is 0. The van der Waals surface area contributed by atoms with Crippen molar-refractivity contribution in [1.29, 1.82) is 0 Å². The number of anilines is 1. The quantitative estimate of drug-likeness (QED) is 0.750. The molecule has 2 rings (SSSR count). The lowest BCUT2D eigenvalue weighted by molar-refractivity contribution is -0.144. The number of amides is 1. The Kier molecular flexibility index (Phi) is 5.09. The van der Waals surface area contributed by atoms with E-state index in [1.807, 2.05) is 24.3 Å². The molecule has 0 bridgehead atoms. The zero-order valence-corrected chi connectivity index (χ0v) is 12.1. The second-order valence-electron chi connectivity index (χ2n) is 4.95. The van der Waals surface area contributed by atoms with Gasteiger partial charge in [-0.25, -0.2) is 0 Å². The molecule has 1 heterocycles. The molecule has 0 N–H and O–H groups in total. The summed E-state index contributed by atoms with van der Waals surface area (Å²) >= 11 is 0. The molecule has 0 aromatic heterocycles. The molecular weight excluding hydrogens is 270 g/mol. The van der Waals surface area contributed by atoms with Gasteiger partial charge in [0.15, 0.2) is 5.78 Å². The van der Waals surface area contributed by atoms with E-state index in [-0.39, 0.29) is 37.0 Å². The number of Topliss-reactive ketones (excluding diaryl/α,β-unsaturated/α-hetero) is 1. The Morgan fingerprint density at radius 1 is 1.19 bits per heavy atom. The highest BCUT2D eigenvalue weighted by Gasteiger charge is 2.25. The molecule has 0 atom stereocenters. The van der Waals surface area contributed by atoms with Crippen LogP contribution in [-0.4, -0.2) is 30.8 Å². The minimum Gasteiger partial charge on any atom is -0.466 e. The van der Waals surface area contributed by atoms with E-state index in [1.165, 1.54) is 4.90 Å². The topological polar surface area (TPSA) is 63.7 Å². The fourth-order valence-corrected chi connectivity index (χ4v) is 2.40. The first kappa shape index (κ1) is 15.2. The third-order valence-corrected chi connectivity index (χ3v) is 3.44. The summed E-state index contributed by atoms with van der Waals surface area (Å²) in [6, 6.07) is 7.60. The van der Waals surface area contributed by atoms with Crippen molar-refractivity contribution in [3.63, 3.8) is 0 Å². The van der Waals surface area contributed by atoms with Gasteiger partial charge in [-0.2, -0.15) is 0 Å². The second kappa shape index (κ2) is 7.02. The number of aryl methyl sites for hydroxylation is 1. The number of hydrogen-bond acceptors (Lipinski definition) is 4. The number of ether oxygens (including phenoxy) is 1. The van der Waals surface area contributed by atoms with E-state index in [9.17, 15) is 14.4 Å². The summed E-state index contributed by atoms with van der Waals surface area (Å²) < 4.78 is 4.79. The smallest absolute Gasteiger partial charge is 0.306 e. The van der Waals surface area contributed by atoms with Gasteiger partial charge in [0, 0.05) is 18.5 Å². The summed E-state index contributed by atoms with van der Waals surface area (Å²) in [5.74, 6) is -0.553. The van der Waals surface area contributed by atoms with Gasteiger partial charge in [-0.05, 0) is 25.0 Å². The average Bonchev–Trinajstić information content (AvgIpc) is 2.48. The van der Waals surface area contributed by atoms with E-state index in [1.54, 1.807) is 6.92 Å². The Morgan fingerprint density at radius 2 is 1.95 bits per heavy atom. The average molecular weight is 289 g/mol. The summed E-state index contributed by atoms with van der Waals surface area (Å²) in [6.07, 6.45) is 1.30. The van der Waals surface area contributed by atoms with Crippen molar-refractivity contribution in [2.75, 3.05) is 18.1 Å². The molecule has 0 saturated heterocycles. The zero-order chi connectivity index (χ0) is 15.2. The van der Waals surface area contributed by atoms with Crippen molar-refractivity contribution in [2.45, 2.75) is 32.6 Å². The molecule has 0 aliphatic carbocycles. The summed E-state index contributed by atoms with van der Waals surface area (Å²) in [4.78, 5) is 36.8. The fourth-order valence-electron chi connectivity index (χ4n) is 2.40. The van der Waals surface area contributed by atoms with Gasteiger partial charge in [-0.1, -0.05) is 18.2 Å². The molecule has 5 heteroatoms.